The van der Waals surface area contributed by atoms with E-state index in [1.807, 2.05) is 18.2 Å². The molecule has 2 saturated heterocycles. The Bertz CT molecular complexity index is 1870. The Labute approximate surface area is 342 Å². The molecule has 0 aliphatic carbocycles. The SMILES string of the molecule is CC1CCN2C(=O)[C@H](Cc3c[nH]c4ccccc34)NC(=O)[C@H](CC(=O)O)NC(=O)CNC(=O)[C@H](CCCCN=C(N)N)NC(=O)CCSSC[C@@H](C(N)=O)NC(=O)[C@H]12. The summed E-state index contributed by atoms with van der Waals surface area (Å²) in [6.07, 6.45) is 2.20. The molecule has 13 N–H and O–H groups in total. The lowest BCUT2D eigenvalue weighted by molar-refractivity contribution is -0.144. The van der Waals surface area contributed by atoms with Gasteiger partial charge in [-0.15, -0.1) is 0 Å². The number of aromatic amines is 1. The molecule has 2 aliphatic heterocycles. The fraction of sp³-hybridized carbons (Fsp3) is 0.528. The Morgan fingerprint density at radius 2 is 1.64 bits per heavy atom. The number of aliphatic carboxylic acids is 1. The molecule has 1 aromatic heterocycles. The summed E-state index contributed by atoms with van der Waals surface area (Å²) in [6.45, 7) is 1.53. The molecular formula is C36H51N11O9S2. The largest absolute Gasteiger partial charge is 0.481 e. The van der Waals surface area contributed by atoms with Gasteiger partial charge in [0.15, 0.2) is 5.96 Å². The molecule has 0 bridgehead atoms. The highest BCUT2D eigenvalue weighted by atomic mass is 33.1. The number of nitrogens with zero attached hydrogens (tertiary/aromatic N) is 2. The van der Waals surface area contributed by atoms with Crippen LogP contribution in [0.3, 0.4) is 0 Å². The van der Waals surface area contributed by atoms with Crippen LogP contribution in [0.5, 0.6) is 0 Å². The van der Waals surface area contributed by atoms with E-state index in [1.165, 1.54) is 26.5 Å². The molecule has 1 unspecified atom stereocenters. The predicted molar refractivity (Wildman–Crippen MR) is 218 cm³/mol. The van der Waals surface area contributed by atoms with Crippen molar-refractivity contribution in [2.24, 2.45) is 28.1 Å². The van der Waals surface area contributed by atoms with E-state index in [4.69, 9.17) is 17.2 Å². The van der Waals surface area contributed by atoms with Crippen molar-refractivity contribution in [3.05, 3.63) is 36.0 Å². The minimum Gasteiger partial charge on any atom is -0.481 e. The van der Waals surface area contributed by atoms with Crippen LogP contribution in [0.15, 0.2) is 35.5 Å². The van der Waals surface area contributed by atoms with Crippen LogP contribution in [0.4, 0.5) is 0 Å². The van der Waals surface area contributed by atoms with Gasteiger partial charge in [-0.1, -0.05) is 46.7 Å². The van der Waals surface area contributed by atoms with Crippen LogP contribution in [-0.4, -0.2) is 130 Å². The highest BCUT2D eigenvalue weighted by Crippen LogP contribution is 2.28. The summed E-state index contributed by atoms with van der Waals surface area (Å²) < 4.78 is 0. The van der Waals surface area contributed by atoms with E-state index in [2.05, 4.69) is 36.6 Å². The van der Waals surface area contributed by atoms with Gasteiger partial charge in [-0.05, 0) is 43.2 Å². The lowest BCUT2D eigenvalue weighted by Crippen LogP contribution is -2.59. The van der Waals surface area contributed by atoms with Crippen LogP contribution in [0.1, 0.15) is 51.0 Å². The van der Waals surface area contributed by atoms with E-state index in [0.717, 1.165) is 10.9 Å². The molecule has 58 heavy (non-hydrogen) atoms. The number of carboxylic acid groups (broad SMARTS) is 1. The molecule has 20 nitrogen and oxygen atoms in total. The molecule has 4 rings (SSSR count). The third kappa shape index (κ3) is 13.3. The lowest BCUT2D eigenvalue weighted by atomic mass is 10.00. The molecule has 0 spiro atoms. The number of nitrogens with two attached hydrogens (primary N) is 3. The number of aliphatic imine (C=N–C) groups is 1. The van der Waals surface area contributed by atoms with E-state index in [-0.39, 0.29) is 55.7 Å². The zero-order valence-electron chi connectivity index (χ0n) is 32.0. The van der Waals surface area contributed by atoms with E-state index < -0.39 is 90.5 Å². The first-order chi connectivity index (χ1) is 27.6. The van der Waals surface area contributed by atoms with Gasteiger partial charge in [0.1, 0.15) is 30.2 Å². The number of benzene rings is 1. The Balaban J connectivity index is 1.64. The number of guanidine groups is 1. The summed E-state index contributed by atoms with van der Waals surface area (Å²) in [5.41, 5.74) is 17.8. The van der Waals surface area contributed by atoms with Gasteiger partial charge in [0.2, 0.25) is 41.4 Å². The number of fused-ring (bicyclic) bond motifs is 2. The smallest absolute Gasteiger partial charge is 0.305 e. The number of amides is 7. The van der Waals surface area contributed by atoms with Crippen LogP contribution in [0, 0.1) is 5.92 Å². The number of carbonyl (C=O) groups excluding carboxylic acids is 7. The topological polar surface area (TPSA) is 326 Å². The van der Waals surface area contributed by atoms with Crippen LogP contribution >= 0.6 is 21.6 Å². The fourth-order valence-electron chi connectivity index (χ4n) is 6.67. The molecule has 1 aromatic carbocycles. The van der Waals surface area contributed by atoms with E-state index in [9.17, 15) is 43.5 Å². The first-order valence-electron chi connectivity index (χ1n) is 18.8. The maximum absolute atomic E-state index is 14.5. The minimum absolute atomic E-state index is 0.0219. The Morgan fingerprint density at radius 3 is 2.36 bits per heavy atom. The number of H-pyrrole nitrogens is 1. The lowest BCUT2D eigenvalue weighted by Gasteiger charge is -2.31. The van der Waals surface area contributed by atoms with Crippen molar-refractivity contribution in [3.8, 4) is 0 Å². The highest BCUT2D eigenvalue weighted by molar-refractivity contribution is 8.76. The predicted octanol–water partition coefficient (Wildman–Crippen LogP) is -1.81. The Morgan fingerprint density at radius 1 is 0.897 bits per heavy atom. The van der Waals surface area contributed by atoms with Gasteiger partial charge in [-0.25, -0.2) is 0 Å². The normalized spacial score (nSPS) is 24.7. The van der Waals surface area contributed by atoms with Crippen molar-refractivity contribution in [2.45, 2.75) is 82.1 Å². The molecule has 22 heteroatoms. The fourth-order valence-corrected chi connectivity index (χ4v) is 8.84. The average molecular weight is 846 g/mol. The van der Waals surface area contributed by atoms with Crippen molar-refractivity contribution >= 4 is 85.8 Å². The summed E-state index contributed by atoms with van der Waals surface area (Å²) in [4.78, 5) is 114. The maximum atomic E-state index is 14.5. The number of carboxylic acids is 1. The van der Waals surface area contributed by atoms with Gasteiger partial charge >= 0.3 is 5.97 Å². The number of primary amides is 1. The van der Waals surface area contributed by atoms with Gasteiger partial charge < -0.3 is 58.8 Å². The van der Waals surface area contributed by atoms with Crippen LogP contribution in [0.25, 0.3) is 10.9 Å². The molecule has 3 heterocycles. The monoisotopic (exact) mass is 845 g/mol. The Kier molecular flexibility index (Phi) is 17.0. The van der Waals surface area contributed by atoms with Crippen LogP contribution in [0.2, 0.25) is 0 Å². The van der Waals surface area contributed by atoms with E-state index in [0.29, 0.717) is 24.8 Å². The van der Waals surface area contributed by atoms with Crippen molar-refractivity contribution in [3.63, 3.8) is 0 Å². The maximum Gasteiger partial charge on any atom is 0.305 e. The molecule has 2 aliphatic rings. The van der Waals surface area contributed by atoms with E-state index >= 15 is 0 Å². The number of hydrogen-bond acceptors (Lipinski definition) is 11. The number of hydrogen-bond donors (Lipinski definition) is 10. The zero-order valence-corrected chi connectivity index (χ0v) is 33.6. The summed E-state index contributed by atoms with van der Waals surface area (Å²) in [6, 6.07) is 1.02. The highest BCUT2D eigenvalue weighted by Gasteiger charge is 2.43. The number of para-hydroxylation sites is 1. The van der Waals surface area contributed by atoms with Gasteiger partial charge in [0.05, 0.1) is 13.0 Å². The summed E-state index contributed by atoms with van der Waals surface area (Å²) in [5.74, 6) is -6.73. The minimum atomic E-state index is -1.68. The van der Waals surface area contributed by atoms with Crippen molar-refractivity contribution in [2.75, 3.05) is 31.1 Å². The van der Waals surface area contributed by atoms with Crippen LogP contribution < -0.4 is 43.8 Å². The van der Waals surface area contributed by atoms with Gasteiger partial charge in [0.25, 0.3) is 0 Å². The third-order valence-electron chi connectivity index (χ3n) is 9.66. The van der Waals surface area contributed by atoms with Crippen molar-refractivity contribution in [1.82, 2.24) is 36.5 Å². The van der Waals surface area contributed by atoms with Crippen LogP contribution in [-0.2, 0) is 44.8 Å². The third-order valence-corrected chi connectivity index (χ3v) is 12.1. The summed E-state index contributed by atoms with van der Waals surface area (Å²) in [5, 5.41) is 23.2. The molecule has 6 atom stereocenters. The standard InChI is InChI=1S/C36H51N11O9S2/c1-19-9-12-47-30(19)34(55)46-26(31(37)52)18-58-57-13-10-27(48)43-23(8-4-5-11-40-36(38)39)32(53)42-17-28(49)44-24(15-29(50)51)33(54)45-25(35(47)56)14-20-16-41-22-7-3-2-6-21(20)22/h2-3,6-7,16,19,23-26,30,41H,4-5,8-15,17-18H2,1H3,(H2,37,52)(H,42,53)(H,43,48)(H,44,49)(H,45,54)(H,46,55)(H,50,51)(H4,38,39,40)/t19?,23-,24-,25-,26-,30-/m0/s1. The second-order valence-electron chi connectivity index (χ2n) is 14.0. The Hall–Kier alpha value is -5.51. The van der Waals surface area contributed by atoms with Gasteiger partial charge in [0, 0.05) is 54.5 Å². The number of carbonyl (C=O) groups is 8. The zero-order chi connectivity index (χ0) is 42.4. The first-order valence-corrected chi connectivity index (χ1v) is 21.3. The van der Waals surface area contributed by atoms with Crippen molar-refractivity contribution in [1.29, 1.82) is 0 Å². The number of rotatable bonds is 10. The first kappa shape index (κ1) is 45.2. The number of unbranched alkanes of at least 4 members (excludes halogenated alkanes) is 1. The quantitative estimate of drug-likeness (QED) is 0.0547. The second kappa shape index (κ2) is 21.9. The van der Waals surface area contributed by atoms with Gasteiger partial charge in [-0.3, -0.25) is 43.3 Å². The second-order valence-corrected chi connectivity index (χ2v) is 16.7. The number of nitrogens with one attached hydrogen (secondary N) is 6. The molecule has 7 amide bonds. The summed E-state index contributed by atoms with van der Waals surface area (Å²) >= 11 is 0. The molecular weight excluding hydrogens is 795 g/mol. The molecule has 0 radical (unpaired) electrons. The van der Waals surface area contributed by atoms with Gasteiger partial charge in [-0.2, -0.15) is 0 Å². The molecule has 0 saturated carbocycles. The van der Waals surface area contributed by atoms with Crippen molar-refractivity contribution < 1.29 is 43.5 Å². The molecule has 2 aromatic rings. The average Bonchev–Trinajstić information content (AvgIpc) is 3.77. The number of aromatic nitrogens is 1. The molecule has 2 fully saturated rings. The van der Waals surface area contributed by atoms with E-state index in [1.54, 1.807) is 19.2 Å². The molecule has 316 valence electrons. The summed E-state index contributed by atoms with van der Waals surface area (Å²) in [7, 11) is 2.45.